The van der Waals surface area contributed by atoms with Gasteiger partial charge in [0.15, 0.2) is 11.5 Å². The predicted molar refractivity (Wildman–Crippen MR) is 72.1 cm³/mol. The van der Waals surface area contributed by atoms with Gasteiger partial charge in [0.05, 0.1) is 6.54 Å². The summed E-state index contributed by atoms with van der Waals surface area (Å²) in [7, 11) is 0. The Balaban J connectivity index is 2.12. The fourth-order valence-electron chi connectivity index (χ4n) is 1.95. The van der Waals surface area contributed by atoms with Crippen LogP contribution in [0.25, 0.3) is 0 Å². The minimum absolute atomic E-state index is 0.00160. The van der Waals surface area contributed by atoms with Crippen LogP contribution < -0.4 is 15.2 Å². The summed E-state index contributed by atoms with van der Waals surface area (Å²) in [5.41, 5.74) is 6.38. The number of benzene rings is 1. The summed E-state index contributed by atoms with van der Waals surface area (Å²) in [5.74, 6) is 1.37. The number of carbonyl (C=O) groups excluding carboxylic acids is 1. The van der Waals surface area contributed by atoms with Crippen molar-refractivity contribution in [2.75, 3.05) is 26.3 Å². The molecule has 1 aromatic carbocycles. The van der Waals surface area contributed by atoms with Crippen LogP contribution in [-0.2, 0) is 11.3 Å². The Morgan fingerprint density at radius 1 is 1.37 bits per heavy atom. The topological polar surface area (TPSA) is 64.8 Å². The van der Waals surface area contributed by atoms with Gasteiger partial charge in [0.2, 0.25) is 5.91 Å². The van der Waals surface area contributed by atoms with Gasteiger partial charge in [0.1, 0.15) is 13.2 Å². The molecule has 1 heterocycles. The first-order chi connectivity index (χ1) is 9.24. The molecule has 0 spiro atoms. The highest BCUT2D eigenvalue weighted by Gasteiger charge is 2.15. The molecule has 0 aliphatic carbocycles. The highest BCUT2D eigenvalue weighted by atomic mass is 16.6. The molecule has 102 valence electrons. The van der Waals surface area contributed by atoms with E-state index in [4.69, 9.17) is 15.2 Å². The summed E-state index contributed by atoms with van der Waals surface area (Å²) in [6.07, 6.45) is 1.69. The van der Waals surface area contributed by atoms with Crippen LogP contribution in [-0.4, -0.2) is 37.1 Å². The summed E-state index contributed by atoms with van der Waals surface area (Å²) < 4.78 is 11.0. The fraction of sp³-hybridized carbons (Fsp3) is 0.357. The molecule has 0 unspecified atom stereocenters. The lowest BCUT2D eigenvalue weighted by Gasteiger charge is -2.22. The van der Waals surface area contributed by atoms with Crippen molar-refractivity contribution in [3.63, 3.8) is 0 Å². The quantitative estimate of drug-likeness (QED) is 0.802. The second kappa shape index (κ2) is 6.24. The summed E-state index contributed by atoms with van der Waals surface area (Å²) in [6, 6.07) is 5.69. The lowest BCUT2D eigenvalue weighted by molar-refractivity contribution is -0.129. The van der Waals surface area contributed by atoms with Gasteiger partial charge >= 0.3 is 0 Å². The summed E-state index contributed by atoms with van der Waals surface area (Å²) >= 11 is 0. The first kappa shape index (κ1) is 13.4. The number of hydrogen-bond acceptors (Lipinski definition) is 4. The largest absolute Gasteiger partial charge is 0.486 e. The number of hydrogen-bond donors (Lipinski definition) is 1. The van der Waals surface area contributed by atoms with Gasteiger partial charge in [0.25, 0.3) is 0 Å². The molecule has 5 nitrogen and oxygen atoms in total. The standard InChI is InChI=1S/C14H18N2O3/c1-2-5-16(14(17)9-15)10-11-3-4-12-13(8-11)19-7-6-18-12/h2-4,8H,1,5-7,9-10,15H2. The first-order valence-electron chi connectivity index (χ1n) is 6.22. The molecular weight excluding hydrogens is 244 g/mol. The molecule has 1 amide bonds. The monoisotopic (exact) mass is 262 g/mol. The molecular formula is C14H18N2O3. The second-order valence-electron chi connectivity index (χ2n) is 4.25. The smallest absolute Gasteiger partial charge is 0.236 e. The molecule has 2 rings (SSSR count). The Labute approximate surface area is 112 Å². The molecule has 0 aromatic heterocycles. The van der Waals surface area contributed by atoms with Gasteiger partial charge in [-0.25, -0.2) is 0 Å². The Hall–Kier alpha value is -2.01. The van der Waals surface area contributed by atoms with Gasteiger partial charge in [-0.2, -0.15) is 0 Å². The van der Waals surface area contributed by atoms with Crippen molar-refractivity contribution >= 4 is 5.91 Å². The maximum Gasteiger partial charge on any atom is 0.236 e. The third-order valence-corrected chi connectivity index (χ3v) is 2.86. The molecule has 0 fully saturated rings. The van der Waals surface area contributed by atoms with Crippen LogP contribution in [0.15, 0.2) is 30.9 Å². The van der Waals surface area contributed by atoms with E-state index < -0.39 is 0 Å². The number of carbonyl (C=O) groups is 1. The van der Waals surface area contributed by atoms with Crippen molar-refractivity contribution in [2.24, 2.45) is 5.73 Å². The number of ether oxygens (including phenoxy) is 2. The van der Waals surface area contributed by atoms with Gasteiger partial charge in [0, 0.05) is 13.1 Å². The van der Waals surface area contributed by atoms with E-state index in [1.54, 1.807) is 11.0 Å². The van der Waals surface area contributed by atoms with Gasteiger partial charge in [-0.1, -0.05) is 12.1 Å². The molecule has 1 aliphatic rings. The zero-order chi connectivity index (χ0) is 13.7. The van der Waals surface area contributed by atoms with Crippen LogP contribution in [0, 0.1) is 0 Å². The minimum Gasteiger partial charge on any atom is -0.486 e. The number of amides is 1. The van der Waals surface area contributed by atoms with Crippen LogP contribution >= 0.6 is 0 Å². The van der Waals surface area contributed by atoms with Gasteiger partial charge in [-0.05, 0) is 17.7 Å². The van der Waals surface area contributed by atoms with Gasteiger partial charge in [-0.3, -0.25) is 4.79 Å². The summed E-state index contributed by atoms with van der Waals surface area (Å²) in [6.45, 7) is 5.73. The molecule has 2 N–H and O–H groups in total. The van der Waals surface area contributed by atoms with E-state index in [0.717, 1.165) is 17.1 Å². The van der Waals surface area contributed by atoms with Crippen molar-refractivity contribution in [3.8, 4) is 11.5 Å². The zero-order valence-corrected chi connectivity index (χ0v) is 10.8. The van der Waals surface area contributed by atoms with Crippen LogP contribution in [0.2, 0.25) is 0 Å². The van der Waals surface area contributed by atoms with E-state index in [9.17, 15) is 4.79 Å². The molecule has 5 heteroatoms. The Morgan fingerprint density at radius 3 is 2.79 bits per heavy atom. The number of nitrogens with zero attached hydrogens (tertiary/aromatic N) is 1. The highest BCUT2D eigenvalue weighted by Crippen LogP contribution is 2.31. The van der Waals surface area contributed by atoms with Gasteiger partial charge < -0.3 is 20.1 Å². The molecule has 0 saturated carbocycles. The fourth-order valence-corrected chi connectivity index (χ4v) is 1.95. The molecule has 1 aliphatic heterocycles. The zero-order valence-electron chi connectivity index (χ0n) is 10.8. The Kier molecular flexibility index (Phi) is 4.41. The second-order valence-corrected chi connectivity index (χ2v) is 4.25. The first-order valence-corrected chi connectivity index (χ1v) is 6.22. The third-order valence-electron chi connectivity index (χ3n) is 2.86. The highest BCUT2D eigenvalue weighted by molar-refractivity contribution is 5.78. The van der Waals surface area contributed by atoms with E-state index in [1.165, 1.54) is 0 Å². The van der Waals surface area contributed by atoms with E-state index in [-0.39, 0.29) is 12.5 Å². The average Bonchev–Trinajstić information content (AvgIpc) is 2.46. The average molecular weight is 262 g/mol. The van der Waals surface area contributed by atoms with Crippen LogP contribution in [0.4, 0.5) is 0 Å². The molecule has 0 radical (unpaired) electrons. The molecule has 0 bridgehead atoms. The molecule has 0 atom stereocenters. The van der Waals surface area contributed by atoms with E-state index >= 15 is 0 Å². The Bertz CT molecular complexity index is 474. The van der Waals surface area contributed by atoms with Crippen molar-refractivity contribution < 1.29 is 14.3 Å². The third kappa shape index (κ3) is 3.26. The van der Waals surface area contributed by atoms with Crippen LogP contribution in [0.1, 0.15) is 5.56 Å². The van der Waals surface area contributed by atoms with Crippen molar-refractivity contribution in [1.29, 1.82) is 0 Å². The van der Waals surface area contributed by atoms with E-state index in [2.05, 4.69) is 6.58 Å². The van der Waals surface area contributed by atoms with E-state index in [1.807, 2.05) is 18.2 Å². The summed E-state index contributed by atoms with van der Waals surface area (Å²) in [5, 5.41) is 0. The van der Waals surface area contributed by atoms with Crippen molar-refractivity contribution in [3.05, 3.63) is 36.4 Å². The SMILES string of the molecule is C=CCN(Cc1ccc2c(c1)OCCO2)C(=O)CN. The predicted octanol–water partition coefficient (Wildman–Crippen LogP) is 0.931. The number of fused-ring (bicyclic) bond motifs is 1. The maximum atomic E-state index is 11.7. The summed E-state index contributed by atoms with van der Waals surface area (Å²) in [4.78, 5) is 13.3. The molecule has 0 saturated heterocycles. The minimum atomic E-state index is -0.102. The number of nitrogens with two attached hydrogens (primary N) is 1. The lowest BCUT2D eigenvalue weighted by atomic mass is 10.1. The van der Waals surface area contributed by atoms with Crippen LogP contribution in [0.5, 0.6) is 11.5 Å². The number of rotatable bonds is 5. The molecule has 19 heavy (non-hydrogen) atoms. The van der Waals surface area contributed by atoms with Crippen molar-refractivity contribution in [2.45, 2.75) is 6.54 Å². The van der Waals surface area contributed by atoms with Crippen LogP contribution in [0.3, 0.4) is 0 Å². The van der Waals surface area contributed by atoms with Gasteiger partial charge in [-0.15, -0.1) is 6.58 Å². The Morgan fingerprint density at radius 2 is 2.11 bits per heavy atom. The normalized spacial score (nSPS) is 12.9. The van der Waals surface area contributed by atoms with E-state index in [0.29, 0.717) is 26.3 Å². The maximum absolute atomic E-state index is 11.7. The lowest BCUT2D eigenvalue weighted by Crippen LogP contribution is -2.35. The van der Waals surface area contributed by atoms with Crippen molar-refractivity contribution in [1.82, 2.24) is 4.90 Å². The molecule has 1 aromatic rings.